The van der Waals surface area contributed by atoms with Crippen molar-refractivity contribution >= 4 is 0 Å². The van der Waals surface area contributed by atoms with E-state index >= 15 is 0 Å². The van der Waals surface area contributed by atoms with Gasteiger partial charge in [-0.3, -0.25) is 0 Å². The van der Waals surface area contributed by atoms with E-state index < -0.39 is 0 Å². The quantitative estimate of drug-likeness (QED) is 0.744. The van der Waals surface area contributed by atoms with E-state index in [1.165, 1.54) is 11.1 Å². The number of aromatic nitrogens is 2. The van der Waals surface area contributed by atoms with Gasteiger partial charge in [-0.2, -0.15) is 10.2 Å². The van der Waals surface area contributed by atoms with Gasteiger partial charge >= 0.3 is 0 Å². The molecular weight excluding hydrogens is 210 g/mol. The first-order valence-electron chi connectivity index (χ1n) is 5.91. The molecule has 0 atom stereocenters. The van der Waals surface area contributed by atoms with E-state index in [0.29, 0.717) is 0 Å². The maximum absolute atomic E-state index is 4.15. The molecule has 0 amide bonds. The van der Waals surface area contributed by atoms with Crippen LogP contribution in [-0.2, 0) is 13.0 Å². The average molecular weight is 225 g/mol. The van der Waals surface area contributed by atoms with Crippen LogP contribution in [-0.4, -0.2) is 28.7 Å². The van der Waals surface area contributed by atoms with Crippen LogP contribution in [0.1, 0.15) is 11.1 Å². The number of fused-ring (bicyclic) bond motifs is 1. The van der Waals surface area contributed by atoms with Crippen molar-refractivity contribution < 1.29 is 0 Å². The van der Waals surface area contributed by atoms with Gasteiger partial charge in [0.1, 0.15) is 0 Å². The maximum Gasteiger partial charge on any atom is 0.0929 e. The van der Waals surface area contributed by atoms with Crippen molar-refractivity contribution in [1.29, 1.82) is 0 Å². The molecule has 1 aliphatic heterocycles. The van der Waals surface area contributed by atoms with E-state index in [0.717, 1.165) is 30.8 Å². The monoisotopic (exact) mass is 225 g/mol. The van der Waals surface area contributed by atoms with Gasteiger partial charge in [-0.1, -0.05) is 12.1 Å². The molecule has 0 bridgehead atoms. The summed E-state index contributed by atoms with van der Waals surface area (Å²) in [6.07, 6.45) is 2.85. The summed E-state index contributed by atoms with van der Waals surface area (Å²) in [4.78, 5) is 2.35. The fraction of sp³-hybridized carbons (Fsp3) is 0.286. The minimum Gasteiger partial charge on any atom is -0.302 e. The van der Waals surface area contributed by atoms with E-state index in [1.807, 2.05) is 12.1 Å². The second kappa shape index (κ2) is 4.26. The summed E-state index contributed by atoms with van der Waals surface area (Å²) in [5.41, 5.74) is 4.99. The standard InChI is InChI=1S/C14H15N3/c1-17-8-6-11-4-5-12(9-13(11)10-17)14-3-2-7-15-16-14/h2-5,7,9H,6,8,10H2,1H3. The van der Waals surface area contributed by atoms with Gasteiger partial charge < -0.3 is 4.90 Å². The molecule has 0 radical (unpaired) electrons. The lowest BCUT2D eigenvalue weighted by Gasteiger charge is -2.25. The number of likely N-dealkylation sites (N-methyl/N-ethyl adjacent to an activating group) is 1. The van der Waals surface area contributed by atoms with Crippen molar-refractivity contribution in [2.75, 3.05) is 13.6 Å². The van der Waals surface area contributed by atoms with E-state index in [1.54, 1.807) is 6.20 Å². The highest BCUT2D eigenvalue weighted by Gasteiger charge is 2.13. The van der Waals surface area contributed by atoms with Crippen LogP contribution in [0.25, 0.3) is 11.3 Å². The first-order chi connectivity index (χ1) is 8.33. The van der Waals surface area contributed by atoms with Crippen molar-refractivity contribution in [3.63, 3.8) is 0 Å². The van der Waals surface area contributed by atoms with Gasteiger partial charge in [0.25, 0.3) is 0 Å². The van der Waals surface area contributed by atoms with Crippen LogP contribution in [0.2, 0.25) is 0 Å². The van der Waals surface area contributed by atoms with Gasteiger partial charge in [0, 0.05) is 24.8 Å². The lowest BCUT2D eigenvalue weighted by Crippen LogP contribution is -2.26. The predicted octanol–water partition coefficient (Wildman–Crippen LogP) is 2.13. The van der Waals surface area contributed by atoms with E-state index in [-0.39, 0.29) is 0 Å². The van der Waals surface area contributed by atoms with E-state index in [4.69, 9.17) is 0 Å². The fourth-order valence-electron chi connectivity index (χ4n) is 2.31. The zero-order valence-electron chi connectivity index (χ0n) is 9.93. The Labute approximate surface area is 101 Å². The third kappa shape index (κ3) is 2.06. The van der Waals surface area contributed by atoms with Crippen molar-refractivity contribution in [2.45, 2.75) is 13.0 Å². The van der Waals surface area contributed by atoms with Gasteiger partial charge in [0.05, 0.1) is 5.69 Å². The lowest BCUT2D eigenvalue weighted by atomic mass is 9.97. The average Bonchev–Trinajstić information content (AvgIpc) is 2.39. The molecule has 0 fully saturated rings. The highest BCUT2D eigenvalue weighted by molar-refractivity contribution is 5.60. The number of hydrogen-bond acceptors (Lipinski definition) is 3. The molecule has 0 N–H and O–H groups in total. The molecule has 1 aromatic carbocycles. The smallest absolute Gasteiger partial charge is 0.0929 e. The molecule has 2 aromatic rings. The van der Waals surface area contributed by atoms with Crippen LogP contribution >= 0.6 is 0 Å². The van der Waals surface area contributed by atoms with Gasteiger partial charge in [0.15, 0.2) is 0 Å². The van der Waals surface area contributed by atoms with Crippen LogP contribution in [0.4, 0.5) is 0 Å². The molecule has 2 heterocycles. The second-order valence-corrected chi connectivity index (χ2v) is 4.58. The third-order valence-corrected chi connectivity index (χ3v) is 3.28. The number of benzene rings is 1. The zero-order chi connectivity index (χ0) is 11.7. The Balaban J connectivity index is 2.01. The Hall–Kier alpha value is -1.74. The van der Waals surface area contributed by atoms with Crippen LogP contribution in [0.3, 0.4) is 0 Å². The van der Waals surface area contributed by atoms with E-state index in [2.05, 4.69) is 40.3 Å². The summed E-state index contributed by atoms with van der Waals surface area (Å²) in [7, 11) is 2.16. The van der Waals surface area contributed by atoms with E-state index in [9.17, 15) is 0 Å². The van der Waals surface area contributed by atoms with Gasteiger partial charge in [-0.25, -0.2) is 0 Å². The summed E-state index contributed by atoms with van der Waals surface area (Å²) < 4.78 is 0. The second-order valence-electron chi connectivity index (χ2n) is 4.58. The first-order valence-corrected chi connectivity index (χ1v) is 5.91. The van der Waals surface area contributed by atoms with Crippen LogP contribution in [0.15, 0.2) is 36.5 Å². The SMILES string of the molecule is CN1CCc2ccc(-c3cccnn3)cc2C1. The Morgan fingerprint density at radius 1 is 1.18 bits per heavy atom. The van der Waals surface area contributed by atoms with Crippen molar-refractivity contribution in [3.8, 4) is 11.3 Å². The fourth-order valence-corrected chi connectivity index (χ4v) is 2.31. The van der Waals surface area contributed by atoms with Gasteiger partial charge in [0.2, 0.25) is 0 Å². The normalized spacial score (nSPS) is 15.6. The lowest BCUT2D eigenvalue weighted by molar-refractivity contribution is 0.313. The molecule has 3 heteroatoms. The van der Waals surface area contributed by atoms with Crippen molar-refractivity contribution in [2.24, 2.45) is 0 Å². The molecule has 1 aromatic heterocycles. The zero-order valence-corrected chi connectivity index (χ0v) is 9.93. The Bertz CT molecular complexity index is 522. The van der Waals surface area contributed by atoms with Crippen LogP contribution < -0.4 is 0 Å². The van der Waals surface area contributed by atoms with Gasteiger partial charge in [-0.15, -0.1) is 0 Å². The topological polar surface area (TPSA) is 29.0 Å². The molecule has 3 rings (SSSR count). The molecule has 3 nitrogen and oxygen atoms in total. The largest absolute Gasteiger partial charge is 0.302 e. The molecule has 0 unspecified atom stereocenters. The Kier molecular flexibility index (Phi) is 2.61. The minimum absolute atomic E-state index is 0.948. The molecular formula is C14H15N3. The molecule has 0 saturated heterocycles. The van der Waals surface area contributed by atoms with Crippen molar-refractivity contribution in [3.05, 3.63) is 47.7 Å². The number of rotatable bonds is 1. The maximum atomic E-state index is 4.15. The Morgan fingerprint density at radius 3 is 2.94 bits per heavy atom. The molecule has 1 aliphatic rings. The summed E-state index contributed by atoms with van der Waals surface area (Å²) in [6, 6.07) is 10.5. The number of hydrogen-bond donors (Lipinski definition) is 0. The minimum atomic E-state index is 0.948. The highest BCUT2D eigenvalue weighted by Crippen LogP contribution is 2.24. The third-order valence-electron chi connectivity index (χ3n) is 3.28. The predicted molar refractivity (Wildman–Crippen MR) is 67.5 cm³/mol. The summed E-state index contributed by atoms with van der Waals surface area (Å²) >= 11 is 0. The molecule has 0 aliphatic carbocycles. The summed E-state index contributed by atoms with van der Waals surface area (Å²) in [6.45, 7) is 2.18. The molecule has 0 saturated carbocycles. The van der Waals surface area contributed by atoms with Crippen molar-refractivity contribution in [1.82, 2.24) is 15.1 Å². The molecule has 0 spiro atoms. The molecule has 86 valence electrons. The van der Waals surface area contributed by atoms with Crippen LogP contribution in [0.5, 0.6) is 0 Å². The highest BCUT2D eigenvalue weighted by atomic mass is 15.1. The molecule has 17 heavy (non-hydrogen) atoms. The van der Waals surface area contributed by atoms with Gasteiger partial charge in [-0.05, 0) is 42.8 Å². The summed E-state index contributed by atoms with van der Waals surface area (Å²) in [5.74, 6) is 0. The first kappa shape index (κ1) is 10.4. The number of nitrogens with zero attached hydrogens (tertiary/aromatic N) is 3. The summed E-state index contributed by atoms with van der Waals surface area (Å²) in [5, 5.41) is 8.08. The van der Waals surface area contributed by atoms with Crippen LogP contribution in [0, 0.1) is 0 Å². The Morgan fingerprint density at radius 2 is 2.12 bits per heavy atom.